The summed E-state index contributed by atoms with van der Waals surface area (Å²) in [6, 6.07) is 11.8. The quantitative estimate of drug-likeness (QED) is 0.387. The lowest BCUT2D eigenvalue weighted by molar-refractivity contribution is -0.718. The van der Waals surface area contributed by atoms with Gasteiger partial charge in [0.15, 0.2) is 18.2 Å². The van der Waals surface area contributed by atoms with Gasteiger partial charge in [-0.3, -0.25) is 0 Å². The van der Waals surface area contributed by atoms with Gasteiger partial charge in [0.1, 0.15) is 22.8 Å². The molecule has 1 atom stereocenters. The Balaban J connectivity index is 1.68. The molecule has 0 aromatic heterocycles. The van der Waals surface area contributed by atoms with Gasteiger partial charge in [-0.1, -0.05) is 21.3 Å². The summed E-state index contributed by atoms with van der Waals surface area (Å²) in [7, 11) is 0. The monoisotopic (exact) mass is 442 g/mol. The number of aryl methyl sites for hydroxylation is 1. The second-order valence-corrected chi connectivity index (χ2v) is 7.61. The third-order valence-electron chi connectivity index (χ3n) is 5.43. The number of hydrogen-bond acceptors (Lipinski definition) is 4. The lowest BCUT2D eigenvalue weighted by Gasteiger charge is -2.16. The van der Waals surface area contributed by atoms with Gasteiger partial charge in [-0.25, -0.2) is 0 Å². The summed E-state index contributed by atoms with van der Waals surface area (Å²) in [6.45, 7) is 1.79. The Morgan fingerprint density at radius 2 is 1.69 bits per heavy atom. The molecule has 0 aliphatic carbocycles. The maximum absolute atomic E-state index is 13.1. The van der Waals surface area contributed by atoms with Gasteiger partial charge in [0.25, 0.3) is 11.4 Å². The summed E-state index contributed by atoms with van der Waals surface area (Å²) in [5.74, 6) is -0.971. The number of phenols is 3. The molecule has 162 valence electrons. The molecule has 3 aromatic rings. The van der Waals surface area contributed by atoms with Gasteiger partial charge in [-0.15, -0.1) is 0 Å². The van der Waals surface area contributed by atoms with Gasteiger partial charge in [-0.2, -0.15) is 13.2 Å². The van der Waals surface area contributed by atoms with Crippen molar-refractivity contribution in [2.75, 3.05) is 0 Å². The molecule has 9 heteroatoms. The Morgan fingerprint density at radius 3 is 2.41 bits per heavy atom. The van der Waals surface area contributed by atoms with E-state index < -0.39 is 29.6 Å². The highest BCUT2D eigenvalue weighted by Crippen LogP contribution is 2.43. The van der Waals surface area contributed by atoms with Crippen LogP contribution in [-0.4, -0.2) is 43.3 Å². The van der Waals surface area contributed by atoms with Crippen LogP contribution in [0.3, 0.4) is 0 Å². The molecule has 0 radical (unpaired) electrons. The second-order valence-electron chi connectivity index (χ2n) is 7.61. The smallest absolute Gasteiger partial charge is 0.508 e. The van der Waals surface area contributed by atoms with E-state index in [1.54, 1.807) is 35.8 Å². The van der Waals surface area contributed by atoms with Gasteiger partial charge < -0.3 is 20.1 Å². The van der Waals surface area contributed by atoms with Gasteiger partial charge in [0.05, 0.1) is 11.1 Å². The molecule has 32 heavy (non-hydrogen) atoms. The minimum absolute atomic E-state index is 0.0102. The van der Waals surface area contributed by atoms with Crippen LogP contribution in [0.4, 0.5) is 24.5 Å². The minimum Gasteiger partial charge on any atom is -0.508 e. The molecule has 0 unspecified atom stereocenters. The second kappa shape index (κ2) is 6.74. The Labute approximate surface area is 180 Å². The van der Waals surface area contributed by atoms with E-state index in [-0.39, 0.29) is 11.3 Å². The minimum atomic E-state index is -4.80. The predicted octanol–water partition coefficient (Wildman–Crippen LogP) is 4.35. The fraction of sp³-hybridized carbons (Fsp3) is 0.130. The number of para-hydroxylation sites is 2. The van der Waals surface area contributed by atoms with Crippen LogP contribution >= 0.6 is 0 Å². The maximum Gasteiger partial charge on any atom is 0.517 e. The molecule has 0 saturated carbocycles. The Morgan fingerprint density at radius 1 is 0.969 bits per heavy atom. The van der Waals surface area contributed by atoms with Crippen molar-refractivity contribution < 1.29 is 42.4 Å². The normalized spacial score (nSPS) is 17.9. The fourth-order valence-electron chi connectivity index (χ4n) is 4.02. The predicted molar refractivity (Wildman–Crippen MR) is 109 cm³/mol. The Hall–Kier alpha value is -4.01. The van der Waals surface area contributed by atoms with E-state index in [0.717, 1.165) is 11.8 Å². The van der Waals surface area contributed by atoms with E-state index in [1.807, 2.05) is 22.9 Å². The Bertz CT molecular complexity index is 1350. The number of aromatic hydroxyl groups is 3. The van der Waals surface area contributed by atoms with Gasteiger partial charge in [0, 0.05) is 12.1 Å². The largest absolute Gasteiger partial charge is 0.517 e. The Kier molecular flexibility index (Phi) is 4.20. The van der Waals surface area contributed by atoms with Crippen molar-refractivity contribution in [3.05, 3.63) is 70.8 Å². The highest BCUT2D eigenvalue weighted by Gasteiger charge is 2.51. The van der Waals surface area contributed by atoms with E-state index in [9.17, 15) is 28.5 Å². The molecule has 0 fully saturated rings. The van der Waals surface area contributed by atoms with E-state index in [1.165, 1.54) is 6.21 Å². The molecule has 5 rings (SSSR count). The van der Waals surface area contributed by atoms with Gasteiger partial charge >= 0.3 is 12.5 Å². The number of fused-ring (bicyclic) bond motifs is 4. The molecule has 3 N–H and O–H groups in total. The third-order valence-corrected chi connectivity index (χ3v) is 5.43. The molecule has 0 bridgehead atoms. The average molecular weight is 442 g/mol. The molecule has 2 aliphatic heterocycles. The lowest BCUT2D eigenvalue weighted by atomic mass is 10.1. The van der Waals surface area contributed by atoms with Gasteiger partial charge in [-0.05, 0) is 36.8 Å². The summed E-state index contributed by atoms with van der Waals surface area (Å²) in [5.41, 5.74) is 1.50. The first-order chi connectivity index (χ1) is 15.1. The standard InChI is InChI=1S/C23H15F3N2O4/c1-12-6-15(29)7-14-11-28-18-5-3-2-4-17(18)27(22(28)32-21(12)14)10-13-8-20(31)16(9-19(13)30)23(24,25)26/h2-11,22H,1H3,(H-,29,31)/p+2/t22-/m0/s1. The van der Waals surface area contributed by atoms with Crippen LogP contribution < -0.4 is 4.74 Å². The molecule has 2 heterocycles. The van der Waals surface area contributed by atoms with E-state index in [0.29, 0.717) is 28.6 Å². The van der Waals surface area contributed by atoms with Crippen molar-refractivity contribution in [2.24, 2.45) is 0 Å². The van der Waals surface area contributed by atoms with Crippen LogP contribution in [0.2, 0.25) is 0 Å². The van der Waals surface area contributed by atoms with Crippen molar-refractivity contribution in [3.8, 4) is 23.0 Å². The molecule has 2 aliphatic rings. The van der Waals surface area contributed by atoms with Gasteiger partial charge in [0.2, 0.25) is 0 Å². The zero-order valence-corrected chi connectivity index (χ0v) is 16.6. The SMILES string of the molecule is Cc1cc(O)cc2c1O[C@@H]1[N+](=C2)c2ccccc2/[N+]1=C/c1cc(O)c(C(F)(F)F)cc1O. The molecular weight excluding hydrogens is 425 g/mol. The number of benzene rings is 3. The fourth-order valence-corrected chi connectivity index (χ4v) is 4.02. The van der Waals surface area contributed by atoms with Crippen molar-refractivity contribution in [2.45, 2.75) is 19.5 Å². The zero-order chi connectivity index (χ0) is 22.8. The van der Waals surface area contributed by atoms with Crippen molar-refractivity contribution >= 4 is 23.8 Å². The molecule has 0 saturated heterocycles. The van der Waals surface area contributed by atoms with Crippen molar-refractivity contribution in [3.63, 3.8) is 0 Å². The first-order valence-corrected chi connectivity index (χ1v) is 9.62. The summed E-state index contributed by atoms with van der Waals surface area (Å²) < 4.78 is 48.8. The van der Waals surface area contributed by atoms with Crippen molar-refractivity contribution in [1.82, 2.24) is 0 Å². The summed E-state index contributed by atoms with van der Waals surface area (Å²) >= 11 is 0. The highest BCUT2D eigenvalue weighted by atomic mass is 19.4. The molecule has 0 amide bonds. The van der Waals surface area contributed by atoms with Crippen LogP contribution in [0.15, 0.2) is 48.5 Å². The average Bonchev–Trinajstić information content (AvgIpc) is 3.01. The summed E-state index contributed by atoms with van der Waals surface area (Å²) in [5, 5.41) is 30.1. The maximum atomic E-state index is 13.1. The number of halogens is 3. The molecular formula is C23H17F3N2O4+2. The number of ether oxygens (including phenoxy) is 1. The number of rotatable bonds is 1. The van der Waals surface area contributed by atoms with Crippen LogP contribution in [0.5, 0.6) is 23.0 Å². The van der Waals surface area contributed by atoms with Crippen molar-refractivity contribution in [1.29, 1.82) is 0 Å². The number of alkyl halides is 3. The lowest BCUT2D eigenvalue weighted by Crippen LogP contribution is -2.37. The van der Waals surface area contributed by atoms with E-state index in [2.05, 4.69) is 0 Å². The van der Waals surface area contributed by atoms with E-state index in [4.69, 9.17) is 4.74 Å². The molecule has 6 nitrogen and oxygen atoms in total. The third kappa shape index (κ3) is 3.05. The first kappa shape index (κ1) is 19.9. The summed E-state index contributed by atoms with van der Waals surface area (Å²) in [6.07, 6.45) is -2.29. The van der Waals surface area contributed by atoms with Crippen LogP contribution in [0.25, 0.3) is 0 Å². The van der Waals surface area contributed by atoms with Crippen LogP contribution in [0, 0.1) is 6.92 Å². The van der Waals surface area contributed by atoms with Crippen LogP contribution in [-0.2, 0) is 6.18 Å². The number of phenolic OH excluding ortho intramolecular Hbond substituents is 3. The molecule has 3 aromatic carbocycles. The molecule has 0 spiro atoms. The summed E-state index contributed by atoms with van der Waals surface area (Å²) in [4.78, 5) is 0. The number of hydrogen-bond donors (Lipinski definition) is 3. The highest BCUT2D eigenvalue weighted by molar-refractivity contribution is 5.85. The topological polar surface area (TPSA) is 75.9 Å². The van der Waals surface area contributed by atoms with E-state index >= 15 is 0 Å². The zero-order valence-electron chi connectivity index (χ0n) is 16.6. The first-order valence-electron chi connectivity index (χ1n) is 9.62. The van der Waals surface area contributed by atoms with Crippen LogP contribution in [0.1, 0.15) is 22.3 Å². The number of nitrogens with zero attached hydrogens (tertiary/aromatic N) is 2.